The maximum atomic E-state index is 12.9. The highest BCUT2D eigenvalue weighted by atomic mass is 16.2. The molecule has 4 rings (SSSR count). The average Bonchev–Trinajstić information content (AvgIpc) is 2.82. The number of hydrogen-bond acceptors (Lipinski definition) is 4. The van der Waals surface area contributed by atoms with Crippen LogP contribution in [0.25, 0.3) is 10.9 Å². The highest BCUT2D eigenvalue weighted by Gasteiger charge is 2.28. The van der Waals surface area contributed by atoms with Crippen molar-refractivity contribution < 1.29 is 9.59 Å². The van der Waals surface area contributed by atoms with E-state index in [0.29, 0.717) is 55.0 Å². The molecular weight excluding hydrogens is 414 g/mol. The molecule has 0 aliphatic carbocycles. The second-order valence-corrected chi connectivity index (χ2v) is 9.34. The van der Waals surface area contributed by atoms with E-state index in [9.17, 15) is 14.4 Å². The number of H-pyrrole nitrogens is 1. The summed E-state index contributed by atoms with van der Waals surface area (Å²) in [7, 11) is 0. The Hall–Kier alpha value is -3.28. The maximum Gasteiger partial charge on any atom is 0.258 e. The van der Waals surface area contributed by atoms with Crippen LogP contribution >= 0.6 is 0 Å². The molecule has 6 nitrogen and oxygen atoms in total. The van der Waals surface area contributed by atoms with Gasteiger partial charge >= 0.3 is 0 Å². The van der Waals surface area contributed by atoms with Crippen molar-refractivity contribution in [1.29, 1.82) is 0 Å². The van der Waals surface area contributed by atoms with Gasteiger partial charge in [-0.05, 0) is 42.9 Å². The number of aryl methyl sites for hydroxylation is 1. The summed E-state index contributed by atoms with van der Waals surface area (Å²) in [6.07, 6.45) is 3.06. The summed E-state index contributed by atoms with van der Waals surface area (Å²) in [5.74, 6) is 1.29. The number of hydrogen-bond donors (Lipinski definition) is 1. The highest BCUT2D eigenvalue weighted by Crippen LogP contribution is 2.23. The SMILES string of the molecule is CC(C)Cc1ccc(C(=O)C2CCN(C(=O)CCc3nc4ccccc4c(=O)[nH]3)CC2)cc1. The summed E-state index contributed by atoms with van der Waals surface area (Å²) in [4.78, 5) is 46.9. The highest BCUT2D eigenvalue weighted by molar-refractivity contribution is 5.98. The first-order valence-corrected chi connectivity index (χ1v) is 11.8. The molecule has 1 aliphatic heterocycles. The van der Waals surface area contributed by atoms with E-state index < -0.39 is 0 Å². The van der Waals surface area contributed by atoms with Crippen molar-refractivity contribution in [3.63, 3.8) is 0 Å². The van der Waals surface area contributed by atoms with Crippen LogP contribution in [0.5, 0.6) is 0 Å². The van der Waals surface area contributed by atoms with Crippen molar-refractivity contribution in [3.05, 3.63) is 75.8 Å². The lowest BCUT2D eigenvalue weighted by Crippen LogP contribution is -2.40. The zero-order valence-electron chi connectivity index (χ0n) is 19.3. The van der Waals surface area contributed by atoms with Crippen molar-refractivity contribution in [2.24, 2.45) is 11.8 Å². The van der Waals surface area contributed by atoms with Gasteiger partial charge in [0.15, 0.2) is 5.78 Å². The number of piperidine rings is 1. The van der Waals surface area contributed by atoms with Gasteiger partial charge in [-0.1, -0.05) is 50.2 Å². The summed E-state index contributed by atoms with van der Waals surface area (Å²) in [6, 6.07) is 15.2. The van der Waals surface area contributed by atoms with E-state index in [1.807, 2.05) is 23.1 Å². The normalized spacial score (nSPS) is 14.7. The maximum absolute atomic E-state index is 12.9. The summed E-state index contributed by atoms with van der Waals surface area (Å²) in [5.41, 5.74) is 2.47. The molecule has 1 N–H and O–H groups in total. The fourth-order valence-electron chi connectivity index (χ4n) is 4.54. The van der Waals surface area contributed by atoms with Gasteiger partial charge in [0, 0.05) is 37.4 Å². The molecule has 2 heterocycles. The number of para-hydroxylation sites is 1. The van der Waals surface area contributed by atoms with Crippen molar-refractivity contribution in [3.8, 4) is 0 Å². The Morgan fingerprint density at radius 3 is 2.45 bits per heavy atom. The van der Waals surface area contributed by atoms with Crippen LogP contribution < -0.4 is 5.56 Å². The van der Waals surface area contributed by atoms with Gasteiger partial charge in [-0.15, -0.1) is 0 Å². The molecule has 0 atom stereocenters. The topological polar surface area (TPSA) is 83.1 Å². The Bertz CT molecular complexity index is 1190. The lowest BCUT2D eigenvalue weighted by molar-refractivity contribution is -0.132. The smallest absolute Gasteiger partial charge is 0.258 e. The number of benzene rings is 2. The first-order valence-electron chi connectivity index (χ1n) is 11.8. The van der Waals surface area contributed by atoms with Crippen LogP contribution in [0.2, 0.25) is 0 Å². The standard InChI is InChI=1S/C27H31N3O3/c1-18(2)17-19-7-9-20(10-8-19)26(32)21-13-15-30(16-14-21)25(31)12-11-24-28-23-6-4-3-5-22(23)27(33)29-24/h3-10,18,21H,11-17H2,1-2H3,(H,28,29,33). The molecule has 1 saturated heterocycles. The van der Waals surface area contributed by atoms with Crippen molar-refractivity contribution in [1.82, 2.24) is 14.9 Å². The van der Waals surface area contributed by atoms with E-state index in [0.717, 1.165) is 12.0 Å². The molecule has 0 bridgehead atoms. The third kappa shape index (κ3) is 5.56. The van der Waals surface area contributed by atoms with Crippen LogP contribution in [-0.2, 0) is 17.6 Å². The Kier molecular flexibility index (Phi) is 7.02. The van der Waals surface area contributed by atoms with Gasteiger partial charge in [0.1, 0.15) is 5.82 Å². The molecule has 33 heavy (non-hydrogen) atoms. The van der Waals surface area contributed by atoms with Crippen LogP contribution in [0.1, 0.15) is 54.9 Å². The van der Waals surface area contributed by atoms with Crippen LogP contribution in [0.4, 0.5) is 0 Å². The number of aromatic nitrogens is 2. The van der Waals surface area contributed by atoms with E-state index in [-0.39, 0.29) is 29.6 Å². The van der Waals surface area contributed by atoms with Gasteiger partial charge in [0.05, 0.1) is 10.9 Å². The summed E-state index contributed by atoms with van der Waals surface area (Å²) in [5, 5.41) is 0.550. The largest absolute Gasteiger partial charge is 0.343 e. The third-order valence-electron chi connectivity index (χ3n) is 6.34. The summed E-state index contributed by atoms with van der Waals surface area (Å²) < 4.78 is 0. The van der Waals surface area contributed by atoms with Crippen molar-refractivity contribution >= 4 is 22.6 Å². The quantitative estimate of drug-likeness (QED) is 0.553. The number of rotatable bonds is 7. The number of nitrogens with zero attached hydrogens (tertiary/aromatic N) is 2. The van der Waals surface area contributed by atoms with Gasteiger partial charge in [-0.2, -0.15) is 0 Å². The van der Waals surface area contributed by atoms with Gasteiger partial charge in [-0.25, -0.2) is 4.98 Å². The molecular formula is C27H31N3O3. The number of nitrogens with one attached hydrogen (secondary N) is 1. The Balaban J connectivity index is 1.29. The second-order valence-electron chi connectivity index (χ2n) is 9.34. The number of ketones is 1. The van der Waals surface area contributed by atoms with E-state index in [1.54, 1.807) is 18.2 Å². The van der Waals surface area contributed by atoms with Gasteiger partial charge in [-0.3, -0.25) is 14.4 Å². The Morgan fingerprint density at radius 2 is 1.76 bits per heavy atom. The second kappa shape index (κ2) is 10.1. The molecule has 1 fully saturated rings. The average molecular weight is 446 g/mol. The van der Waals surface area contributed by atoms with E-state index in [2.05, 4.69) is 35.9 Å². The minimum absolute atomic E-state index is 0.0368. The monoisotopic (exact) mass is 445 g/mol. The lowest BCUT2D eigenvalue weighted by Gasteiger charge is -2.31. The van der Waals surface area contributed by atoms with Crippen molar-refractivity contribution in [2.45, 2.75) is 46.0 Å². The van der Waals surface area contributed by atoms with Gasteiger partial charge in [0.2, 0.25) is 5.91 Å². The molecule has 0 radical (unpaired) electrons. The van der Waals surface area contributed by atoms with Gasteiger partial charge in [0.25, 0.3) is 5.56 Å². The zero-order valence-corrected chi connectivity index (χ0v) is 19.3. The minimum Gasteiger partial charge on any atom is -0.343 e. The van der Waals surface area contributed by atoms with Crippen LogP contribution in [0.15, 0.2) is 53.3 Å². The minimum atomic E-state index is -0.181. The van der Waals surface area contributed by atoms with Crippen molar-refractivity contribution in [2.75, 3.05) is 13.1 Å². The number of likely N-dealkylation sites (tertiary alicyclic amines) is 1. The van der Waals surface area contributed by atoms with Crippen LogP contribution in [0, 0.1) is 11.8 Å². The molecule has 1 aliphatic rings. The number of fused-ring (bicyclic) bond motifs is 1. The summed E-state index contributed by atoms with van der Waals surface area (Å²) >= 11 is 0. The molecule has 0 unspecified atom stereocenters. The first-order chi connectivity index (χ1) is 15.9. The number of carbonyl (C=O) groups excluding carboxylic acids is 2. The van der Waals surface area contributed by atoms with E-state index in [1.165, 1.54) is 5.56 Å². The predicted octanol–water partition coefficient (Wildman–Crippen LogP) is 4.18. The number of carbonyl (C=O) groups is 2. The fraction of sp³-hybridized carbons (Fsp3) is 0.407. The first kappa shape index (κ1) is 22.9. The summed E-state index contributed by atoms with van der Waals surface area (Å²) in [6.45, 7) is 5.54. The molecule has 2 aromatic carbocycles. The molecule has 1 aromatic heterocycles. The van der Waals surface area contributed by atoms with Crippen LogP contribution in [-0.4, -0.2) is 39.6 Å². The third-order valence-corrected chi connectivity index (χ3v) is 6.34. The molecule has 1 amide bonds. The van der Waals surface area contributed by atoms with Crippen LogP contribution in [0.3, 0.4) is 0 Å². The Labute approximate surface area is 194 Å². The predicted molar refractivity (Wildman–Crippen MR) is 129 cm³/mol. The zero-order chi connectivity index (χ0) is 23.4. The number of Topliss-reactive ketones (excluding diaryl/α,β-unsaturated/α-hetero) is 1. The fourth-order valence-corrected chi connectivity index (χ4v) is 4.54. The molecule has 0 spiro atoms. The van der Waals surface area contributed by atoms with E-state index >= 15 is 0 Å². The lowest BCUT2D eigenvalue weighted by atomic mass is 9.88. The van der Waals surface area contributed by atoms with E-state index in [4.69, 9.17) is 0 Å². The molecule has 0 saturated carbocycles. The molecule has 6 heteroatoms. The molecule has 172 valence electrons. The van der Waals surface area contributed by atoms with Gasteiger partial charge < -0.3 is 9.88 Å². The Morgan fingerprint density at radius 1 is 1.06 bits per heavy atom. The number of amides is 1. The molecule has 3 aromatic rings. The number of aromatic amines is 1.